The standard InChI is InChI=1S/C30H30N6O4/c1-37-24-11-5-6-12-26(24)40-30-34-22-9-3-4-10-23(22)36(30)28-15-17-32-29(35-28)33-20-13-14-25(27(18-20)38-2)39-19-21-8-7-16-31-21/h3-6,9-15,17-18,21,31H,7-8,16,19H2,1-2H3,(H,32,33,35)/t21-/m0/s1. The predicted octanol–water partition coefficient (Wildman–Crippen LogP) is 5.50. The second kappa shape index (κ2) is 11.5. The number of ether oxygens (including phenoxy) is 4. The Hall–Kier alpha value is -4.83. The first kappa shape index (κ1) is 25.4. The van der Waals surface area contributed by atoms with E-state index in [9.17, 15) is 0 Å². The van der Waals surface area contributed by atoms with Gasteiger partial charge in [0.25, 0.3) is 0 Å². The Labute approximate surface area is 231 Å². The quantitative estimate of drug-likeness (QED) is 0.238. The SMILES string of the molecule is COc1cc(Nc2nccc(-n3c(Oc4ccccc4OC)nc4ccccc43)n2)ccc1OC[C@@H]1CCCN1. The van der Waals surface area contributed by atoms with Gasteiger partial charge >= 0.3 is 6.01 Å². The van der Waals surface area contributed by atoms with Crippen LogP contribution in [0.5, 0.6) is 29.0 Å². The fourth-order valence-corrected chi connectivity index (χ4v) is 4.71. The maximum absolute atomic E-state index is 6.24. The van der Waals surface area contributed by atoms with Gasteiger partial charge in [-0.3, -0.25) is 0 Å². The molecule has 0 unspecified atom stereocenters. The molecule has 3 aromatic carbocycles. The van der Waals surface area contributed by atoms with Gasteiger partial charge in [-0.15, -0.1) is 0 Å². The maximum Gasteiger partial charge on any atom is 0.309 e. The summed E-state index contributed by atoms with van der Waals surface area (Å²) in [5.74, 6) is 3.47. The molecular weight excluding hydrogens is 508 g/mol. The number of anilines is 2. The number of aromatic nitrogens is 4. The topological polar surface area (TPSA) is 105 Å². The van der Waals surface area contributed by atoms with Crippen LogP contribution < -0.4 is 29.6 Å². The van der Waals surface area contributed by atoms with Gasteiger partial charge in [-0.25, -0.2) is 9.55 Å². The summed E-state index contributed by atoms with van der Waals surface area (Å²) in [5, 5.41) is 6.72. The van der Waals surface area contributed by atoms with Gasteiger partial charge in [-0.2, -0.15) is 9.97 Å². The molecule has 1 atom stereocenters. The zero-order valence-corrected chi connectivity index (χ0v) is 22.3. The van der Waals surface area contributed by atoms with Crippen molar-refractivity contribution in [2.75, 3.05) is 32.7 Å². The maximum atomic E-state index is 6.24. The van der Waals surface area contributed by atoms with Gasteiger partial charge < -0.3 is 29.6 Å². The van der Waals surface area contributed by atoms with Crippen LogP contribution in [0.25, 0.3) is 16.9 Å². The van der Waals surface area contributed by atoms with Crippen molar-refractivity contribution in [2.24, 2.45) is 0 Å². The minimum Gasteiger partial charge on any atom is -0.493 e. The fourth-order valence-electron chi connectivity index (χ4n) is 4.71. The molecule has 2 N–H and O–H groups in total. The Bertz CT molecular complexity index is 1620. The minimum absolute atomic E-state index is 0.357. The molecule has 1 aliphatic rings. The fraction of sp³-hybridized carbons (Fsp3) is 0.233. The number of hydrogen-bond acceptors (Lipinski definition) is 9. The normalized spacial score (nSPS) is 14.7. The monoisotopic (exact) mass is 538 g/mol. The third-order valence-electron chi connectivity index (χ3n) is 6.69. The Morgan fingerprint density at radius 1 is 0.900 bits per heavy atom. The molecule has 10 nitrogen and oxygen atoms in total. The molecule has 204 valence electrons. The van der Waals surface area contributed by atoms with Crippen LogP contribution in [0.1, 0.15) is 12.8 Å². The van der Waals surface area contributed by atoms with E-state index in [0.717, 1.165) is 29.7 Å². The van der Waals surface area contributed by atoms with Crippen molar-refractivity contribution in [2.45, 2.75) is 18.9 Å². The Morgan fingerprint density at radius 2 is 1.73 bits per heavy atom. The molecule has 2 aromatic heterocycles. The molecular formula is C30H30N6O4. The van der Waals surface area contributed by atoms with Gasteiger partial charge in [-0.1, -0.05) is 24.3 Å². The van der Waals surface area contributed by atoms with E-state index in [1.54, 1.807) is 20.4 Å². The highest BCUT2D eigenvalue weighted by molar-refractivity contribution is 5.79. The summed E-state index contributed by atoms with van der Waals surface area (Å²) < 4.78 is 25.2. The number of methoxy groups -OCH3 is 2. The highest BCUT2D eigenvalue weighted by Gasteiger charge is 2.19. The summed E-state index contributed by atoms with van der Waals surface area (Å²) in [5.41, 5.74) is 2.38. The van der Waals surface area contributed by atoms with Crippen LogP contribution in [-0.2, 0) is 0 Å². The Morgan fingerprint density at radius 3 is 2.55 bits per heavy atom. The van der Waals surface area contributed by atoms with Gasteiger partial charge in [0.15, 0.2) is 23.0 Å². The number of benzene rings is 3. The second-order valence-electron chi connectivity index (χ2n) is 9.30. The third kappa shape index (κ3) is 5.34. The van der Waals surface area contributed by atoms with Crippen molar-refractivity contribution in [3.05, 3.63) is 79.0 Å². The van der Waals surface area contributed by atoms with Gasteiger partial charge in [0, 0.05) is 30.1 Å². The largest absolute Gasteiger partial charge is 0.493 e. The number of para-hydroxylation sites is 4. The molecule has 6 rings (SSSR count). The van der Waals surface area contributed by atoms with Crippen LogP contribution >= 0.6 is 0 Å². The molecule has 3 heterocycles. The van der Waals surface area contributed by atoms with Crippen molar-refractivity contribution in [3.8, 4) is 34.8 Å². The molecule has 0 radical (unpaired) electrons. The average molecular weight is 539 g/mol. The summed E-state index contributed by atoms with van der Waals surface area (Å²) in [6.07, 6.45) is 3.99. The van der Waals surface area contributed by atoms with Crippen LogP contribution in [-0.4, -0.2) is 52.9 Å². The molecule has 0 bridgehead atoms. The van der Waals surface area contributed by atoms with Crippen LogP contribution in [0, 0.1) is 0 Å². The van der Waals surface area contributed by atoms with E-state index < -0.39 is 0 Å². The molecule has 5 aromatic rings. The summed E-state index contributed by atoms with van der Waals surface area (Å²) >= 11 is 0. The lowest BCUT2D eigenvalue weighted by molar-refractivity contribution is 0.262. The van der Waals surface area contributed by atoms with Crippen molar-refractivity contribution in [1.82, 2.24) is 24.8 Å². The molecule has 0 aliphatic carbocycles. The number of nitrogens with one attached hydrogen (secondary N) is 2. The second-order valence-corrected chi connectivity index (χ2v) is 9.30. The smallest absolute Gasteiger partial charge is 0.309 e. The summed E-state index contributed by atoms with van der Waals surface area (Å²) in [4.78, 5) is 13.9. The predicted molar refractivity (Wildman–Crippen MR) is 153 cm³/mol. The van der Waals surface area contributed by atoms with Crippen molar-refractivity contribution >= 4 is 22.7 Å². The highest BCUT2D eigenvalue weighted by atomic mass is 16.5. The van der Waals surface area contributed by atoms with Crippen LogP contribution in [0.2, 0.25) is 0 Å². The first-order chi connectivity index (χ1) is 19.7. The van der Waals surface area contributed by atoms with Gasteiger partial charge in [0.05, 0.1) is 25.3 Å². The molecule has 40 heavy (non-hydrogen) atoms. The third-order valence-corrected chi connectivity index (χ3v) is 6.69. The molecule has 1 fully saturated rings. The zero-order valence-electron chi connectivity index (χ0n) is 22.3. The first-order valence-corrected chi connectivity index (χ1v) is 13.1. The van der Waals surface area contributed by atoms with Gasteiger partial charge in [0.1, 0.15) is 12.4 Å². The van der Waals surface area contributed by atoms with Crippen LogP contribution in [0.4, 0.5) is 11.6 Å². The molecule has 1 aliphatic heterocycles. The van der Waals surface area contributed by atoms with Crippen LogP contribution in [0.15, 0.2) is 79.0 Å². The number of nitrogens with zero attached hydrogens (tertiary/aromatic N) is 4. The van der Waals surface area contributed by atoms with Crippen LogP contribution in [0.3, 0.4) is 0 Å². The van der Waals surface area contributed by atoms with E-state index in [2.05, 4.69) is 15.6 Å². The molecule has 10 heteroatoms. The molecule has 0 spiro atoms. The average Bonchev–Trinajstić information content (AvgIpc) is 3.64. The van der Waals surface area contributed by atoms with Crippen molar-refractivity contribution in [3.63, 3.8) is 0 Å². The van der Waals surface area contributed by atoms with E-state index in [4.69, 9.17) is 28.9 Å². The lowest BCUT2D eigenvalue weighted by Gasteiger charge is -2.16. The van der Waals surface area contributed by atoms with E-state index >= 15 is 0 Å². The Kier molecular flexibility index (Phi) is 7.32. The zero-order chi connectivity index (χ0) is 27.3. The van der Waals surface area contributed by atoms with E-state index in [1.165, 1.54) is 6.42 Å². The number of hydrogen-bond donors (Lipinski definition) is 2. The molecule has 0 amide bonds. The number of rotatable bonds is 10. The minimum atomic E-state index is 0.357. The lowest BCUT2D eigenvalue weighted by atomic mass is 10.2. The van der Waals surface area contributed by atoms with Crippen molar-refractivity contribution < 1.29 is 18.9 Å². The number of fused-ring (bicyclic) bond motifs is 1. The van der Waals surface area contributed by atoms with E-state index in [0.29, 0.717) is 53.4 Å². The summed E-state index contributed by atoms with van der Waals surface area (Å²) in [6.45, 7) is 1.64. The van der Waals surface area contributed by atoms with E-state index in [-0.39, 0.29) is 0 Å². The molecule has 0 saturated carbocycles. The number of imidazole rings is 1. The molecule has 1 saturated heterocycles. The Balaban J connectivity index is 1.28. The van der Waals surface area contributed by atoms with Gasteiger partial charge in [-0.05, 0) is 55.8 Å². The first-order valence-electron chi connectivity index (χ1n) is 13.1. The van der Waals surface area contributed by atoms with Crippen molar-refractivity contribution in [1.29, 1.82) is 0 Å². The lowest BCUT2D eigenvalue weighted by Crippen LogP contribution is -2.28. The van der Waals surface area contributed by atoms with E-state index in [1.807, 2.05) is 77.4 Å². The summed E-state index contributed by atoms with van der Waals surface area (Å²) in [7, 11) is 3.23. The van der Waals surface area contributed by atoms with Gasteiger partial charge in [0.2, 0.25) is 5.95 Å². The highest BCUT2D eigenvalue weighted by Crippen LogP contribution is 2.35. The summed E-state index contributed by atoms with van der Waals surface area (Å²) in [6, 6.07) is 23.4.